The maximum Gasteiger partial charge on any atom is 0.123 e. The van der Waals surface area contributed by atoms with Gasteiger partial charge in [-0.15, -0.1) is 0 Å². The molecule has 0 aliphatic carbocycles. The van der Waals surface area contributed by atoms with Crippen molar-refractivity contribution in [2.24, 2.45) is 0 Å². The summed E-state index contributed by atoms with van der Waals surface area (Å²) in [4.78, 5) is 2.32. The number of nitrogens with zero attached hydrogens (tertiary/aromatic N) is 1. The number of nitrogen functional groups attached to an aromatic ring is 1. The van der Waals surface area contributed by atoms with Crippen molar-refractivity contribution in [1.29, 1.82) is 0 Å². The summed E-state index contributed by atoms with van der Waals surface area (Å²) in [6.45, 7) is 7.87. The van der Waals surface area contributed by atoms with Crippen molar-refractivity contribution in [3.63, 3.8) is 0 Å². The molecule has 0 amide bonds. The lowest BCUT2D eigenvalue weighted by atomic mass is 10.1. The molecule has 0 saturated heterocycles. The Morgan fingerprint density at radius 1 is 1.10 bits per heavy atom. The highest BCUT2D eigenvalue weighted by Gasteiger charge is 2.13. The van der Waals surface area contributed by atoms with E-state index >= 15 is 0 Å². The summed E-state index contributed by atoms with van der Waals surface area (Å²) in [6.07, 6.45) is 0. The molecule has 2 aromatic rings. The highest BCUT2D eigenvalue weighted by Crippen LogP contribution is 2.18. The van der Waals surface area contributed by atoms with Gasteiger partial charge in [-0.1, -0.05) is 18.2 Å². The van der Waals surface area contributed by atoms with Crippen LogP contribution in [0.4, 0.5) is 10.1 Å². The van der Waals surface area contributed by atoms with E-state index in [4.69, 9.17) is 5.73 Å². The molecule has 2 nitrogen and oxygen atoms in total. The van der Waals surface area contributed by atoms with Gasteiger partial charge in [0.25, 0.3) is 0 Å². The fourth-order valence-corrected chi connectivity index (χ4v) is 2.38. The lowest BCUT2D eigenvalue weighted by molar-refractivity contribution is 0.203. The van der Waals surface area contributed by atoms with Crippen LogP contribution in [0.3, 0.4) is 0 Å². The van der Waals surface area contributed by atoms with E-state index in [1.165, 1.54) is 11.6 Å². The lowest BCUT2D eigenvalue weighted by Crippen LogP contribution is -2.30. The van der Waals surface area contributed by atoms with Crippen LogP contribution in [-0.2, 0) is 13.1 Å². The first-order valence-corrected chi connectivity index (χ1v) is 7.29. The highest BCUT2D eigenvalue weighted by atomic mass is 19.1. The molecule has 21 heavy (non-hydrogen) atoms. The minimum absolute atomic E-state index is 0.178. The molecule has 2 aromatic carbocycles. The van der Waals surface area contributed by atoms with E-state index in [9.17, 15) is 4.39 Å². The largest absolute Gasteiger partial charge is 0.399 e. The van der Waals surface area contributed by atoms with Crippen LogP contribution in [0.5, 0.6) is 0 Å². The van der Waals surface area contributed by atoms with Crippen molar-refractivity contribution in [3.8, 4) is 0 Å². The average Bonchev–Trinajstić information content (AvgIpc) is 2.42. The monoisotopic (exact) mass is 286 g/mol. The Balaban J connectivity index is 2.18. The Labute approximate surface area is 126 Å². The molecule has 0 heterocycles. The zero-order chi connectivity index (χ0) is 15.4. The van der Waals surface area contributed by atoms with E-state index in [1.807, 2.05) is 31.2 Å². The van der Waals surface area contributed by atoms with E-state index in [0.717, 1.165) is 29.9 Å². The van der Waals surface area contributed by atoms with E-state index in [0.29, 0.717) is 6.04 Å². The van der Waals surface area contributed by atoms with Crippen molar-refractivity contribution >= 4 is 5.69 Å². The van der Waals surface area contributed by atoms with E-state index in [2.05, 4.69) is 24.8 Å². The highest BCUT2D eigenvalue weighted by molar-refractivity contribution is 5.40. The SMILES string of the molecule is Cc1ccc(F)cc1CN(Cc1cccc(N)c1)C(C)C. The van der Waals surface area contributed by atoms with Crippen molar-refractivity contribution in [2.45, 2.75) is 39.9 Å². The van der Waals surface area contributed by atoms with Crippen molar-refractivity contribution in [2.75, 3.05) is 5.73 Å². The predicted octanol–water partition coefficient (Wildman–Crippen LogP) is 4.13. The van der Waals surface area contributed by atoms with Crippen LogP contribution >= 0.6 is 0 Å². The summed E-state index contributed by atoms with van der Waals surface area (Å²) >= 11 is 0. The second-order valence-corrected chi connectivity index (χ2v) is 5.81. The Hall–Kier alpha value is -1.87. The predicted molar refractivity (Wildman–Crippen MR) is 86.4 cm³/mol. The first-order valence-electron chi connectivity index (χ1n) is 7.29. The summed E-state index contributed by atoms with van der Waals surface area (Å²) in [7, 11) is 0. The summed E-state index contributed by atoms with van der Waals surface area (Å²) in [6, 6.07) is 13.3. The molecule has 2 N–H and O–H groups in total. The van der Waals surface area contributed by atoms with Crippen molar-refractivity contribution in [3.05, 3.63) is 65.0 Å². The molecular weight excluding hydrogens is 263 g/mol. The fourth-order valence-electron chi connectivity index (χ4n) is 2.38. The van der Waals surface area contributed by atoms with Crippen LogP contribution in [0.15, 0.2) is 42.5 Å². The molecule has 0 unspecified atom stereocenters. The van der Waals surface area contributed by atoms with Gasteiger partial charge in [-0.3, -0.25) is 4.90 Å². The average molecular weight is 286 g/mol. The molecule has 2 rings (SSSR count). The summed E-state index contributed by atoms with van der Waals surface area (Å²) in [5.41, 5.74) is 9.95. The standard InChI is InChI=1S/C18H23FN2/c1-13(2)21(11-15-5-4-6-18(20)9-15)12-16-10-17(19)8-7-14(16)3/h4-10,13H,11-12,20H2,1-3H3. The second kappa shape index (κ2) is 6.72. The zero-order valence-corrected chi connectivity index (χ0v) is 12.9. The van der Waals surface area contributed by atoms with Crippen LogP contribution in [0.25, 0.3) is 0 Å². The second-order valence-electron chi connectivity index (χ2n) is 5.81. The molecular formula is C18H23FN2. The number of hydrogen-bond acceptors (Lipinski definition) is 2. The number of hydrogen-bond donors (Lipinski definition) is 1. The van der Waals surface area contributed by atoms with Gasteiger partial charge in [-0.2, -0.15) is 0 Å². The smallest absolute Gasteiger partial charge is 0.123 e. The maximum atomic E-state index is 13.4. The lowest BCUT2D eigenvalue weighted by Gasteiger charge is -2.27. The zero-order valence-electron chi connectivity index (χ0n) is 12.9. The quantitative estimate of drug-likeness (QED) is 0.837. The molecule has 0 aliphatic rings. The van der Waals surface area contributed by atoms with Crippen LogP contribution in [0.2, 0.25) is 0 Å². The molecule has 112 valence electrons. The van der Waals surface area contributed by atoms with E-state index in [1.54, 1.807) is 6.07 Å². The Kier molecular flexibility index (Phi) is 4.97. The number of anilines is 1. The molecule has 3 heteroatoms. The van der Waals surface area contributed by atoms with Gasteiger partial charge in [0.05, 0.1) is 0 Å². The first-order chi connectivity index (χ1) is 9.95. The fraction of sp³-hybridized carbons (Fsp3) is 0.333. The maximum absolute atomic E-state index is 13.4. The minimum Gasteiger partial charge on any atom is -0.399 e. The first kappa shape index (κ1) is 15.5. The summed E-state index contributed by atoms with van der Waals surface area (Å²) in [5, 5.41) is 0. The summed E-state index contributed by atoms with van der Waals surface area (Å²) in [5.74, 6) is -0.178. The third-order valence-corrected chi connectivity index (χ3v) is 3.75. The van der Waals surface area contributed by atoms with Gasteiger partial charge in [0.2, 0.25) is 0 Å². The van der Waals surface area contributed by atoms with E-state index in [-0.39, 0.29) is 5.82 Å². The number of nitrogens with two attached hydrogens (primary N) is 1. The van der Waals surface area contributed by atoms with E-state index < -0.39 is 0 Å². The van der Waals surface area contributed by atoms with Crippen molar-refractivity contribution < 1.29 is 4.39 Å². The van der Waals surface area contributed by atoms with Crippen LogP contribution in [0.1, 0.15) is 30.5 Å². The van der Waals surface area contributed by atoms with Crippen LogP contribution in [-0.4, -0.2) is 10.9 Å². The van der Waals surface area contributed by atoms with Gasteiger partial charge in [0.15, 0.2) is 0 Å². The van der Waals surface area contributed by atoms with Crippen LogP contribution in [0, 0.1) is 12.7 Å². The molecule has 0 radical (unpaired) electrons. The molecule has 0 spiro atoms. The van der Waals surface area contributed by atoms with Gasteiger partial charge in [0, 0.05) is 24.8 Å². The topological polar surface area (TPSA) is 29.3 Å². The number of benzene rings is 2. The molecule has 0 fully saturated rings. The Morgan fingerprint density at radius 2 is 1.86 bits per heavy atom. The normalized spacial score (nSPS) is 11.3. The van der Waals surface area contributed by atoms with Gasteiger partial charge in [-0.25, -0.2) is 4.39 Å². The van der Waals surface area contributed by atoms with Gasteiger partial charge in [0.1, 0.15) is 5.82 Å². The summed E-state index contributed by atoms with van der Waals surface area (Å²) < 4.78 is 13.4. The third kappa shape index (κ3) is 4.30. The molecule has 0 saturated carbocycles. The van der Waals surface area contributed by atoms with Crippen LogP contribution < -0.4 is 5.73 Å². The number of rotatable bonds is 5. The van der Waals surface area contributed by atoms with Gasteiger partial charge >= 0.3 is 0 Å². The van der Waals surface area contributed by atoms with Gasteiger partial charge in [-0.05, 0) is 61.7 Å². The molecule has 0 atom stereocenters. The van der Waals surface area contributed by atoms with Crippen molar-refractivity contribution in [1.82, 2.24) is 4.90 Å². The molecule has 0 aliphatic heterocycles. The Bertz CT molecular complexity index is 608. The molecule has 0 aromatic heterocycles. The third-order valence-electron chi connectivity index (χ3n) is 3.75. The Morgan fingerprint density at radius 3 is 2.52 bits per heavy atom. The molecule has 0 bridgehead atoms. The van der Waals surface area contributed by atoms with Gasteiger partial charge < -0.3 is 5.73 Å². The minimum atomic E-state index is -0.178. The number of aryl methyl sites for hydroxylation is 1. The number of halogens is 1.